The molecule has 1 spiro atoms. The minimum atomic E-state index is -4.13. The molecule has 2 saturated carbocycles. The van der Waals surface area contributed by atoms with Crippen molar-refractivity contribution >= 4 is 0 Å². The summed E-state index contributed by atoms with van der Waals surface area (Å²) in [6, 6.07) is 6.69. The summed E-state index contributed by atoms with van der Waals surface area (Å²) in [5.74, 6) is -0.938. The smallest absolute Gasteiger partial charge is 0.391 e. The van der Waals surface area contributed by atoms with Gasteiger partial charge in [-0.3, -0.25) is 4.90 Å². The van der Waals surface area contributed by atoms with Crippen LogP contribution in [0.4, 0.5) is 13.2 Å². The first kappa shape index (κ1) is 21.5. The Morgan fingerprint density at radius 3 is 2.32 bits per heavy atom. The molecular weight excluding hydrogens is 407 g/mol. The fourth-order valence-electron chi connectivity index (χ4n) is 5.76. The van der Waals surface area contributed by atoms with Crippen molar-refractivity contribution in [3.63, 3.8) is 0 Å². The molecule has 4 aliphatic rings. The number of likely N-dealkylation sites (tertiary alicyclic amines) is 1. The zero-order chi connectivity index (χ0) is 21.7. The molecule has 1 aromatic rings. The number of alkyl halides is 3. The van der Waals surface area contributed by atoms with Crippen LogP contribution in [0.25, 0.3) is 0 Å². The van der Waals surface area contributed by atoms with Crippen molar-refractivity contribution in [1.29, 1.82) is 0 Å². The summed E-state index contributed by atoms with van der Waals surface area (Å²) in [6.45, 7) is 2.48. The van der Waals surface area contributed by atoms with E-state index in [1.807, 2.05) is 18.2 Å². The molecule has 0 amide bonds. The zero-order valence-corrected chi connectivity index (χ0v) is 18.2. The van der Waals surface area contributed by atoms with E-state index in [2.05, 4.69) is 4.90 Å². The Bertz CT molecular complexity index is 792. The summed E-state index contributed by atoms with van der Waals surface area (Å²) in [5.41, 5.74) is 1.22. The van der Waals surface area contributed by atoms with Gasteiger partial charge in [-0.25, -0.2) is 0 Å². The van der Waals surface area contributed by atoms with Crippen LogP contribution in [0.3, 0.4) is 0 Å². The minimum Gasteiger partial charge on any atom is -0.462 e. The molecule has 0 radical (unpaired) electrons. The lowest BCUT2D eigenvalue weighted by atomic mass is 9.74. The van der Waals surface area contributed by atoms with Crippen molar-refractivity contribution in [2.45, 2.75) is 88.0 Å². The minimum absolute atomic E-state index is 0.0992. The highest BCUT2D eigenvalue weighted by molar-refractivity contribution is 5.41. The quantitative estimate of drug-likeness (QED) is 0.619. The fourth-order valence-corrected chi connectivity index (χ4v) is 5.76. The molecule has 0 bridgehead atoms. The summed E-state index contributed by atoms with van der Waals surface area (Å²) in [6.07, 6.45) is 2.51. The largest absolute Gasteiger partial charge is 0.462 e. The van der Waals surface area contributed by atoms with Crippen LogP contribution in [0.15, 0.2) is 18.2 Å². The predicted octanol–water partition coefficient (Wildman–Crippen LogP) is 5.53. The molecular formula is C24H32F3NO3. The van der Waals surface area contributed by atoms with E-state index >= 15 is 0 Å². The van der Waals surface area contributed by atoms with E-state index in [1.165, 1.54) is 19.3 Å². The number of rotatable bonds is 3. The van der Waals surface area contributed by atoms with Gasteiger partial charge in [0, 0.05) is 44.6 Å². The van der Waals surface area contributed by atoms with Crippen molar-refractivity contribution in [3.8, 4) is 5.75 Å². The normalized spacial score (nSPS) is 31.7. The van der Waals surface area contributed by atoms with Gasteiger partial charge in [0.25, 0.3) is 0 Å². The van der Waals surface area contributed by atoms with Gasteiger partial charge in [0.1, 0.15) is 5.75 Å². The van der Waals surface area contributed by atoms with Gasteiger partial charge in [0.15, 0.2) is 0 Å². The van der Waals surface area contributed by atoms with Crippen LogP contribution < -0.4 is 4.74 Å². The van der Waals surface area contributed by atoms with Crippen LogP contribution in [0, 0.1) is 5.92 Å². The van der Waals surface area contributed by atoms with E-state index in [-0.39, 0.29) is 12.8 Å². The lowest BCUT2D eigenvalue weighted by Crippen LogP contribution is -2.54. The molecule has 3 fully saturated rings. The highest BCUT2D eigenvalue weighted by Crippen LogP contribution is 2.48. The summed E-state index contributed by atoms with van der Waals surface area (Å²) >= 11 is 0. The van der Waals surface area contributed by atoms with Gasteiger partial charge in [0.05, 0.1) is 18.1 Å². The van der Waals surface area contributed by atoms with E-state index < -0.39 is 23.5 Å². The molecule has 0 aromatic heterocycles. The van der Waals surface area contributed by atoms with Crippen molar-refractivity contribution in [2.75, 3.05) is 20.2 Å². The molecule has 2 aliphatic carbocycles. The van der Waals surface area contributed by atoms with Crippen LogP contribution in [-0.4, -0.2) is 43.1 Å². The maximum absolute atomic E-state index is 13.1. The predicted molar refractivity (Wildman–Crippen MR) is 110 cm³/mol. The summed E-state index contributed by atoms with van der Waals surface area (Å²) in [4.78, 5) is 2.57. The number of nitrogens with zero attached hydrogens (tertiary/aromatic N) is 1. The highest BCUT2D eigenvalue weighted by Gasteiger charge is 2.47. The van der Waals surface area contributed by atoms with E-state index in [4.69, 9.17) is 14.2 Å². The zero-order valence-electron chi connectivity index (χ0n) is 18.2. The molecule has 0 atom stereocenters. The summed E-state index contributed by atoms with van der Waals surface area (Å²) in [7, 11) is 1.60. The molecule has 4 nitrogen and oxygen atoms in total. The van der Waals surface area contributed by atoms with Crippen molar-refractivity contribution < 1.29 is 27.4 Å². The molecule has 1 aromatic carbocycles. The Balaban J connectivity index is 1.27. The number of halogens is 3. The molecule has 2 heterocycles. The molecule has 31 heavy (non-hydrogen) atoms. The Morgan fingerprint density at radius 2 is 1.74 bits per heavy atom. The van der Waals surface area contributed by atoms with Crippen LogP contribution >= 0.6 is 0 Å². The highest BCUT2D eigenvalue weighted by atomic mass is 19.4. The summed E-state index contributed by atoms with van der Waals surface area (Å²) in [5, 5.41) is 0. The number of fused-ring (bicyclic) bond motifs is 1. The van der Waals surface area contributed by atoms with Gasteiger partial charge < -0.3 is 14.2 Å². The first-order chi connectivity index (χ1) is 14.8. The van der Waals surface area contributed by atoms with Gasteiger partial charge in [-0.05, 0) is 56.2 Å². The molecule has 1 saturated heterocycles. The summed E-state index contributed by atoms with van der Waals surface area (Å²) < 4.78 is 57.8. The number of benzene rings is 1. The second-order valence-electron chi connectivity index (χ2n) is 9.76. The molecule has 7 heteroatoms. The second kappa shape index (κ2) is 7.92. The number of piperidine rings is 1. The molecule has 0 unspecified atom stereocenters. The van der Waals surface area contributed by atoms with E-state index in [0.717, 1.165) is 48.8 Å². The lowest BCUT2D eigenvalue weighted by molar-refractivity contribution is -0.231. The van der Waals surface area contributed by atoms with Gasteiger partial charge in [-0.2, -0.15) is 13.2 Å². The monoisotopic (exact) mass is 439 g/mol. The maximum atomic E-state index is 13.1. The molecule has 2 aliphatic heterocycles. The van der Waals surface area contributed by atoms with Crippen molar-refractivity contribution in [1.82, 2.24) is 4.90 Å². The lowest BCUT2D eigenvalue weighted by Gasteiger charge is -2.47. The van der Waals surface area contributed by atoms with Crippen LogP contribution in [0.2, 0.25) is 0 Å². The van der Waals surface area contributed by atoms with Crippen LogP contribution in [-0.2, 0) is 21.7 Å². The SMILES string of the molecule is COC1(c2ccc3c(c2)COC2(CCN(C4CCC4)CC2)O3)CCC(C(F)(F)F)CC1. The Labute approximate surface area is 182 Å². The number of hydrogen-bond donors (Lipinski definition) is 0. The number of methoxy groups -OCH3 is 1. The standard InChI is InChI=1S/C24H32F3NO3/c1-29-22(9-7-18(8-10-22)24(25,26)27)19-5-6-21-17(15-19)16-30-23(31-21)11-13-28(14-12-23)20-3-2-4-20/h5-6,15,18,20H,2-4,7-14,16H2,1H3. The Morgan fingerprint density at radius 1 is 1.03 bits per heavy atom. The number of ether oxygens (including phenoxy) is 3. The van der Waals surface area contributed by atoms with Gasteiger partial charge in [0.2, 0.25) is 5.79 Å². The third kappa shape index (κ3) is 3.98. The molecule has 5 rings (SSSR count). The van der Waals surface area contributed by atoms with Gasteiger partial charge >= 0.3 is 6.18 Å². The van der Waals surface area contributed by atoms with Gasteiger partial charge in [-0.1, -0.05) is 12.5 Å². The first-order valence-electron chi connectivity index (χ1n) is 11.6. The van der Waals surface area contributed by atoms with E-state index in [9.17, 15) is 13.2 Å². The first-order valence-corrected chi connectivity index (χ1v) is 11.6. The Kier molecular flexibility index (Phi) is 5.50. The second-order valence-corrected chi connectivity index (χ2v) is 9.76. The Hall–Kier alpha value is -1.31. The van der Waals surface area contributed by atoms with E-state index in [1.54, 1.807) is 7.11 Å². The van der Waals surface area contributed by atoms with E-state index in [0.29, 0.717) is 19.4 Å². The maximum Gasteiger partial charge on any atom is 0.391 e. The molecule has 0 N–H and O–H groups in total. The average molecular weight is 440 g/mol. The molecule has 172 valence electrons. The topological polar surface area (TPSA) is 30.9 Å². The van der Waals surface area contributed by atoms with Crippen LogP contribution in [0.1, 0.15) is 68.9 Å². The third-order valence-electron chi connectivity index (χ3n) is 8.17. The average Bonchev–Trinajstić information content (AvgIpc) is 2.73. The van der Waals surface area contributed by atoms with Gasteiger partial charge in [-0.15, -0.1) is 0 Å². The fraction of sp³-hybridized carbons (Fsp3) is 0.750. The van der Waals surface area contributed by atoms with Crippen molar-refractivity contribution in [3.05, 3.63) is 29.3 Å². The number of hydrogen-bond acceptors (Lipinski definition) is 4. The van der Waals surface area contributed by atoms with Crippen molar-refractivity contribution in [2.24, 2.45) is 5.92 Å². The van der Waals surface area contributed by atoms with Crippen LogP contribution in [0.5, 0.6) is 5.75 Å². The third-order valence-corrected chi connectivity index (χ3v) is 8.17.